The fraction of sp³-hybridized carbons (Fsp3) is 0.293. The number of allylic oxidation sites excluding steroid dienone is 2. The maximum Gasteiger partial charge on any atom is -0.147 e. The van der Waals surface area contributed by atoms with E-state index in [2.05, 4.69) is 165 Å². The quantitative estimate of drug-likeness (QED) is 0.181. The number of hydrogen-bond acceptors (Lipinski definition) is 0. The van der Waals surface area contributed by atoms with Crippen LogP contribution in [0.4, 0.5) is 0 Å². The van der Waals surface area contributed by atoms with Gasteiger partial charge < -0.3 is 0 Å². The summed E-state index contributed by atoms with van der Waals surface area (Å²) in [7, 11) is 0. The first kappa shape index (κ1) is 34.6. The van der Waals surface area contributed by atoms with Crippen LogP contribution in [0, 0.1) is 0 Å². The molecule has 0 heterocycles. The summed E-state index contributed by atoms with van der Waals surface area (Å²) in [5.41, 5.74) is 14.4. The molecule has 0 radical (unpaired) electrons. The Labute approximate surface area is 285 Å². The van der Waals surface area contributed by atoms with Crippen LogP contribution in [-0.4, -0.2) is 3.26 Å². The largest absolute Gasteiger partial charge is 0.147 e. The van der Waals surface area contributed by atoms with Gasteiger partial charge in [-0.15, -0.1) is 24.8 Å². The van der Waals surface area contributed by atoms with Crippen molar-refractivity contribution in [3.05, 3.63) is 130 Å². The predicted octanol–water partition coefficient (Wildman–Crippen LogP) is 12.1. The zero-order chi connectivity index (χ0) is 29.8. The summed E-state index contributed by atoms with van der Waals surface area (Å²) in [4.78, 5) is 0. The number of benzene rings is 4. The Bertz CT molecular complexity index is 1650. The van der Waals surface area contributed by atoms with Gasteiger partial charge in [-0.1, -0.05) is 0 Å². The van der Waals surface area contributed by atoms with Gasteiger partial charge in [-0.2, -0.15) is 0 Å². The Morgan fingerprint density at radius 3 is 1.30 bits per heavy atom. The van der Waals surface area contributed by atoms with Crippen molar-refractivity contribution in [3.63, 3.8) is 0 Å². The number of rotatable bonds is 4. The van der Waals surface area contributed by atoms with Crippen molar-refractivity contribution in [3.8, 4) is 22.3 Å². The molecule has 0 spiro atoms. The van der Waals surface area contributed by atoms with Crippen LogP contribution in [0.15, 0.2) is 97.1 Å². The fourth-order valence-corrected chi connectivity index (χ4v) is 19.1. The molecule has 2 unspecified atom stereocenters. The van der Waals surface area contributed by atoms with Crippen molar-refractivity contribution in [1.29, 1.82) is 0 Å². The molecule has 2 aliphatic carbocycles. The van der Waals surface area contributed by atoms with Gasteiger partial charge in [-0.3, -0.25) is 0 Å². The minimum Gasteiger partial charge on any atom is -0.147 e. The maximum atomic E-state index is 2.57. The molecular weight excluding hydrogens is 742 g/mol. The monoisotopic (exact) mass is 788 g/mol. The molecule has 6 rings (SSSR count). The first-order valence-corrected chi connectivity index (χ1v) is 21.4. The van der Waals surface area contributed by atoms with Gasteiger partial charge in [0.2, 0.25) is 0 Å². The van der Waals surface area contributed by atoms with Gasteiger partial charge in [0.1, 0.15) is 0 Å². The number of hydrogen-bond donors (Lipinski definition) is 0. The van der Waals surface area contributed by atoms with Crippen molar-refractivity contribution < 1.29 is 21.0 Å². The second-order valence-electron chi connectivity index (χ2n) is 14.4. The second-order valence-corrected chi connectivity index (χ2v) is 25.7. The van der Waals surface area contributed by atoms with Crippen LogP contribution >= 0.6 is 24.8 Å². The normalized spacial score (nSPS) is 16.5. The van der Waals surface area contributed by atoms with Gasteiger partial charge in [0.25, 0.3) is 0 Å². The number of fused-ring (bicyclic) bond motifs is 2. The summed E-state index contributed by atoms with van der Waals surface area (Å²) in [6, 6.07) is 32.4. The third kappa shape index (κ3) is 6.48. The Hall–Kier alpha value is -2.32. The Balaban J connectivity index is 0.00000221. The van der Waals surface area contributed by atoms with Gasteiger partial charge in [0.15, 0.2) is 0 Å². The fourth-order valence-electron chi connectivity index (χ4n) is 6.84. The summed E-state index contributed by atoms with van der Waals surface area (Å²) < 4.78 is 2.83. The van der Waals surface area contributed by atoms with Crippen molar-refractivity contribution in [2.45, 2.75) is 73.6 Å². The molecule has 2 aliphatic rings. The standard InChI is InChI=1S/2C19H19.C3H6.2ClH.Hf/c2*1-19(2,3)16-10-4-9-15(13-16)18-12-6-8-14-7-5-11-17(14)18;1-3-2;;;/h2*4-13H,1-3H3;1-2H3;2*1H;. The first-order valence-electron chi connectivity index (χ1n) is 15.4. The molecule has 0 aromatic heterocycles. The van der Waals surface area contributed by atoms with E-state index in [0.717, 1.165) is 0 Å². The molecule has 4 aromatic rings. The van der Waals surface area contributed by atoms with E-state index in [1.165, 1.54) is 44.5 Å². The summed E-state index contributed by atoms with van der Waals surface area (Å²) in [6.45, 7) is 18.7. The Morgan fingerprint density at radius 1 is 0.545 bits per heavy atom. The third-order valence-electron chi connectivity index (χ3n) is 9.19. The van der Waals surface area contributed by atoms with E-state index < -0.39 is 21.0 Å². The van der Waals surface area contributed by atoms with E-state index >= 15 is 0 Å². The van der Waals surface area contributed by atoms with Crippen molar-refractivity contribution >= 4 is 40.2 Å². The SMILES string of the molecule is C[C](C)=[Hf]([CH]1C=Cc2c(-c3cccc(C(C)(C)C)c3)cccc21)[CH]1C=Cc2c(-c3cccc(C(C)(C)C)c3)cccc21.Cl.Cl. The number of halogens is 2. The molecule has 0 saturated heterocycles. The molecule has 0 saturated carbocycles. The molecule has 228 valence electrons. The molecule has 3 heteroatoms. The van der Waals surface area contributed by atoms with E-state index in [4.69, 9.17) is 0 Å². The summed E-state index contributed by atoms with van der Waals surface area (Å²) in [5, 5.41) is 0. The van der Waals surface area contributed by atoms with Crippen LogP contribution < -0.4 is 0 Å². The first-order chi connectivity index (χ1) is 19.9. The minimum atomic E-state index is -2.43. The van der Waals surface area contributed by atoms with Gasteiger partial charge in [-0.25, -0.2) is 0 Å². The smallest absolute Gasteiger partial charge is 0.147 e. The van der Waals surface area contributed by atoms with E-state index in [1.807, 2.05) is 0 Å². The minimum absolute atomic E-state index is 0. The van der Waals surface area contributed by atoms with Crippen LogP contribution in [0.25, 0.3) is 34.4 Å². The summed E-state index contributed by atoms with van der Waals surface area (Å²) in [6.07, 6.45) is 10.0. The average molecular weight is 788 g/mol. The Kier molecular flexibility index (Phi) is 10.4. The topological polar surface area (TPSA) is 0 Å². The molecule has 2 atom stereocenters. The van der Waals surface area contributed by atoms with Crippen LogP contribution in [0.1, 0.15) is 96.1 Å². The summed E-state index contributed by atoms with van der Waals surface area (Å²) in [5.74, 6) is 0. The summed E-state index contributed by atoms with van der Waals surface area (Å²) >= 11 is -2.43. The molecule has 0 nitrogen and oxygen atoms in total. The molecular formula is C41H46Cl2Hf. The van der Waals surface area contributed by atoms with E-state index in [0.29, 0.717) is 7.35 Å². The molecule has 0 bridgehead atoms. The van der Waals surface area contributed by atoms with Gasteiger partial charge in [-0.05, 0) is 0 Å². The van der Waals surface area contributed by atoms with Gasteiger partial charge >= 0.3 is 263 Å². The maximum absolute atomic E-state index is 2.57. The van der Waals surface area contributed by atoms with E-state index in [-0.39, 0.29) is 35.6 Å². The third-order valence-corrected chi connectivity index (χ3v) is 21.8. The van der Waals surface area contributed by atoms with Crippen molar-refractivity contribution in [2.75, 3.05) is 0 Å². The average Bonchev–Trinajstić information content (AvgIpc) is 3.57. The van der Waals surface area contributed by atoms with Crippen LogP contribution in [0.2, 0.25) is 0 Å². The molecule has 4 aromatic carbocycles. The van der Waals surface area contributed by atoms with Crippen LogP contribution in [0.5, 0.6) is 0 Å². The van der Waals surface area contributed by atoms with E-state index in [9.17, 15) is 0 Å². The van der Waals surface area contributed by atoms with Gasteiger partial charge in [0, 0.05) is 0 Å². The molecule has 44 heavy (non-hydrogen) atoms. The van der Waals surface area contributed by atoms with Crippen LogP contribution in [-0.2, 0) is 31.8 Å². The van der Waals surface area contributed by atoms with E-state index in [1.54, 1.807) is 14.4 Å². The van der Waals surface area contributed by atoms with Crippen molar-refractivity contribution in [2.24, 2.45) is 0 Å². The molecule has 0 aliphatic heterocycles. The second kappa shape index (κ2) is 13.2. The zero-order valence-corrected chi connectivity index (χ0v) is 32.6. The van der Waals surface area contributed by atoms with Crippen LogP contribution in [0.3, 0.4) is 0 Å². The molecule has 0 fully saturated rings. The Morgan fingerprint density at radius 2 is 0.932 bits per heavy atom. The van der Waals surface area contributed by atoms with Crippen molar-refractivity contribution in [1.82, 2.24) is 0 Å². The predicted molar refractivity (Wildman–Crippen MR) is 196 cm³/mol. The molecule has 0 amide bonds. The molecule has 0 N–H and O–H groups in total. The van der Waals surface area contributed by atoms with Gasteiger partial charge in [0.05, 0.1) is 0 Å². The zero-order valence-electron chi connectivity index (χ0n) is 27.4.